The van der Waals surface area contributed by atoms with Crippen LogP contribution in [0.3, 0.4) is 0 Å². The number of aromatic nitrogens is 2. The number of nitro benzene ring substituents is 1. The molecule has 0 radical (unpaired) electrons. The Hall–Kier alpha value is -2.48. The van der Waals surface area contributed by atoms with Gasteiger partial charge in [0.2, 0.25) is 0 Å². The van der Waals surface area contributed by atoms with Gasteiger partial charge in [0.15, 0.2) is 5.52 Å². The lowest BCUT2D eigenvalue weighted by molar-refractivity contribution is -0.383. The number of piperidine rings is 3. The van der Waals surface area contributed by atoms with Gasteiger partial charge in [-0.1, -0.05) is 6.07 Å². The van der Waals surface area contributed by atoms with Crippen molar-refractivity contribution in [1.82, 2.24) is 20.4 Å². The third-order valence-corrected chi connectivity index (χ3v) is 4.96. The van der Waals surface area contributed by atoms with E-state index in [4.69, 9.17) is 0 Å². The summed E-state index contributed by atoms with van der Waals surface area (Å²) in [5.41, 5.74) is 0.414. The first-order valence-electron chi connectivity index (χ1n) is 7.78. The second-order valence-corrected chi connectivity index (χ2v) is 6.25. The zero-order valence-electron chi connectivity index (χ0n) is 12.5. The Bertz CT molecular complexity index is 779. The Morgan fingerprint density at radius 3 is 2.83 bits per heavy atom. The summed E-state index contributed by atoms with van der Waals surface area (Å²) in [5, 5.41) is 21.2. The van der Waals surface area contributed by atoms with Crippen LogP contribution < -0.4 is 5.32 Å². The van der Waals surface area contributed by atoms with Crippen LogP contribution in [0, 0.1) is 16.0 Å². The number of hydrogen-bond donors (Lipinski definition) is 2. The largest absolute Gasteiger partial charge is 0.346 e. The van der Waals surface area contributed by atoms with E-state index in [0.717, 1.165) is 32.5 Å². The molecule has 1 amide bonds. The van der Waals surface area contributed by atoms with Gasteiger partial charge in [0.25, 0.3) is 11.6 Å². The minimum atomic E-state index is -0.488. The predicted octanol–water partition coefficient (Wildman–Crippen LogP) is 1.30. The molecule has 3 aliphatic heterocycles. The van der Waals surface area contributed by atoms with Gasteiger partial charge >= 0.3 is 0 Å². The van der Waals surface area contributed by atoms with Gasteiger partial charge < -0.3 is 10.2 Å². The number of aromatic amines is 1. The summed E-state index contributed by atoms with van der Waals surface area (Å²) in [6.45, 7) is 3.09. The lowest BCUT2D eigenvalue weighted by Gasteiger charge is -2.44. The molecular weight excluding hydrogens is 298 g/mol. The molecule has 0 aliphatic carbocycles. The first-order valence-corrected chi connectivity index (χ1v) is 7.78. The molecule has 3 aliphatic rings. The predicted molar refractivity (Wildman–Crippen MR) is 83.2 cm³/mol. The number of carbonyl (C=O) groups is 1. The van der Waals surface area contributed by atoms with Crippen molar-refractivity contribution >= 4 is 22.5 Å². The summed E-state index contributed by atoms with van der Waals surface area (Å²) in [6, 6.07) is 4.78. The van der Waals surface area contributed by atoms with Crippen LogP contribution >= 0.6 is 0 Å². The number of benzene rings is 1. The van der Waals surface area contributed by atoms with Gasteiger partial charge in [-0.15, -0.1) is 0 Å². The Balaban J connectivity index is 1.60. The number of rotatable bonds is 3. The van der Waals surface area contributed by atoms with Gasteiger partial charge in [-0.2, -0.15) is 5.10 Å². The smallest absolute Gasteiger partial charge is 0.297 e. The quantitative estimate of drug-likeness (QED) is 0.656. The maximum Gasteiger partial charge on any atom is 0.297 e. The molecule has 5 rings (SSSR count). The number of fused-ring (bicyclic) bond motifs is 4. The van der Waals surface area contributed by atoms with Crippen molar-refractivity contribution in [1.29, 1.82) is 0 Å². The molecule has 120 valence electrons. The van der Waals surface area contributed by atoms with Crippen molar-refractivity contribution < 1.29 is 9.72 Å². The highest BCUT2D eigenvalue weighted by Crippen LogP contribution is 2.29. The van der Waals surface area contributed by atoms with E-state index in [9.17, 15) is 14.9 Å². The Morgan fingerprint density at radius 1 is 1.39 bits per heavy atom. The summed E-state index contributed by atoms with van der Waals surface area (Å²) in [7, 11) is 0. The molecule has 0 spiro atoms. The molecule has 0 saturated carbocycles. The van der Waals surface area contributed by atoms with Crippen molar-refractivity contribution in [3.63, 3.8) is 0 Å². The second-order valence-electron chi connectivity index (χ2n) is 6.25. The van der Waals surface area contributed by atoms with E-state index in [1.807, 2.05) is 0 Å². The number of nitrogens with zero attached hydrogens (tertiary/aromatic N) is 3. The topological polar surface area (TPSA) is 104 Å². The van der Waals surface area contributed by atoms with Crippen LogP contribution in [-0.4, -0.2) is 51.6 Å². The zero-order chi connectivity index (χ0) is 16.0. The third-order valence-electron chi connectivity index (χ3n) is 4.96. The molecule has 8 nitrogen and oxygen atoms in total. The van der Waals surface area contributed by atoms with Crippen LogP contribution in [0.4, 0.5) is 5.69 Å². The number of non-ortho nitro benzene ring substituents is 1. The molecule has 2 bridgehead atoms. The van der Waals surface area contributed by atoms with Gasteiger partial charge in [0.05, 0.1) is 4.92 Å². The fourth-order valence-electron chi connectivity index (χ4n) is 3.71. The second kappa shape index (κ2) is 5.31. The SMILES string of the molecule is O=C(N[C@@H]1CN2CCC1CC2)c1[nH]nc2c([N+](=O)[O-])cccc12. The average molecular weight is 315 g/mol. The Labute approximate surface area is 132 Å². The van der Waals surface area contributed by atoms with Crippen LogP contribution in [0.25, 0.3) is 10.9 Å². The highest BCUT2D eigenvalue weighted by Gasteiger charge is 2.35. The number of H-pyrrole nitrogens is 1. The molecule has 1 aromatic carbocycles. The van der Waals surface area contributed by atoms with Crippen molar-refractivity contribution in [2.45, 2.75) is 18.9 Å². The number of amides is 1. The minimum Gasteiger partial charge on any atom is -0.346 e. The average Bonchev–Trinajstić information content (AvgIpc) is 2.99. The van der Waals surface area contributed by atoms with Gasteiger partial charge in [-0.25, -0.2) is 0 Å². The van der Waals surface area contributed by atoms with Crippen LogP contribution in [0.2, 0.25) is 0 Å². The molecule has 1 atom stereocenters. The molecule has 3 saturated heterocycles. The fraction of sp³-hybridized carbons (Fsp3) is 0.467. The van der Waals surface area contributed by atoms with E-state index in [2.05, 4.69) is 20.4 Å². The highest BCUT2D eigenvalue weighted by atomic mass is 16.6. The lowest BCUT2D eigenvalue weighted by atomic mass is 9.84. The molecule has 4 heterocycles. The molecule has 8 heteroatoms. The first-order chi connectivity index (χ1) is 11.1. The van der Waals surface area contributed by atoms with E-state index in [0.29, 0.717) is 17.0 Å². The molecule has 1 aromatic heterocycles. The normalized spacial score (nSPS) is 26.3. The van der Waals surface area contributed by atoms with E-state index < -0.39 is 4.92 Å². The monoisotopic (exact) mass is 315 g/mol. The van der Waals surface area contributed by atoms with Crippen LogP contribution in [0.5, 0.6) is 0 Å². The molecule has 0 unspecified atom stereocenters. The molecule has 2 N–H and O–H groups in total. The zero-order valence-corrected chi connectivity index (χ0v) is 12.5. The number of hydrogen-bond acceptors (Lipinski definition) is 5. The van der Waals surface area contributed by atoms with E-state index in [1.54, 1.807) is 12.1 Å². The summed E-state index contributed by atoms with van der Waals surface area (Å²) in [6.07, 6.45) is 2.22. The third kappa shape index (κ3) is 2.35. The van der Waals surface area contributed by atoms with Gasteiger partial charge in [0, 0.05) is 24.0 Å². The molecular formula is C15H17N5O3. The van der Waals surface area contributed by atoms with Gasteiger partial charge in [-0.3, -0.25) is 20.0 Å². The summed E-state index contributed by atoms with van der Waals surface area (Å²) in [5.74, 6) is 0.277. The number of nitro groups is 1. The van der Waals surface area contributed by atoms with Crippen LogP contribution in [0.15, 0.2) is 18.2 Å². The first kappa shape index (κ1) is 14.1. The van der Waals surface area contributed by atoms with Crippen LogP contribution in [-0.2, 0) is 0 Å². The van der Waals surface area contributed by atoms with E-state index in [1.165, 1.54) is 6.07 Å². The Kier molecular flexibility index (Phi) is 3.26. The van der Waals surface area contributed by atoms with Crippen molar-refractivity contribution in [3.8, 4) is 0 Å². The standard InChI is InChI=1S/C15H17N5O3/c21-15(16-11-8-19-6-4-9(11)5-7-19)14-10-2-1-3-12(20(22)23)13(10)17-18-14/h1-3,9,11H,4-8H2,(H,16,21)(H,17,18)/t11-/m1/s1. The summed E-state index contributed by atoms with van der Waals surface area (Å²) in [4.78, 5) is 25.5. The summed E-state index contributed by atoms with van der Waals surface area (Å²) >= 11 is 0. The van der Waals surface area contributed by atoms with E-state index in [-0.39, 0.29) is 23.2 Å². The number of carbonyl (C=O) groups excluding carboxylic acids is 1. The maximum absolute atomic E-state index is 12.6. The van der Waals surface area contributed by atoms with Crippen LogP contribution in [0.1, 0.15) is 23.3 Å². The molecule has 3 fully saturated rings. The van der Waals surface area contributed by atoms with E-state index >= 15 is 0 Å². The lowest BCUT2D eigenvalue weighted by Crippen LogP contribution is -2.57. The Morgan fingerprint density at radius 2 is 2.17 bits per heavy atom. The number of para-hydroxylation sites is 1. The molecule has 23 heavy (non-hydrogen) atoms. The minimum absolute atomic E-state index is 0.0966. The van der Waals surface area contributed by atoms with Gasteiger partial charge in [0.1, 0.15) is 5.69 Å². The van der Waals surface area contributed by atoms with Crippen molar-refractivity contribution in [2.24, 2.45) is 5.92 Å². The summed E-state index contributed by atoms with van der Waals surface area (Å²) < 4.78 is 0. The van der Waals surface area contributed by atoms with Crippen molar-refractivity contribution in [3.05, 3.63) is 34.0 Å². The fourth-order valence-corrected chi connectivity index (χ4v) is 3.71. The molecule has 2 aromatic rings. The maximum atomic E-state index is 12.6. The number of nitrogens with one attached hydrogen (secondary N) is 2. The van der Waals surface area contributed by atoms with Crippen molar-refractivity contribution in [2.75, 3.05) is 19.6 Å². The van der Waals surface area contributed by atoms with Gasteiger partial charge in [-0.05, 0) is 37.9 Å². The highest BCUT2D eigenvalue weighted by molar-refractivity contribution is 6.06.